The van der Waals surface area contributed by atoms with E-state index in [1.807, 2.05) is 0 Å². The van der Waals surface area contributed by atoms with Crippen molar-refractivity contribution < 1.29 is 0 Å². The molecule has 0 amide bonds. The van der Waals surface area contributed by atoms with E-state index in [0.29, 0.717) is 0 Å². The Morgan fingerprint density at radius 2 is 0.810 bits per heavy atom. The maximum absolute atomic E-state index is 3.39. The van der Waals surface area contributed by atoms with Crippen LogP contribution in [-0.2, 0) is 5.41 Å². The predicted octanol–water partition coefficient (Wildman–Crippen LogP) is 12.0. The second kappa shape index (κ2) is 12.8. The number of anilines is 3. The zero-order valence-electron chi connectivity index (χ0n) is 33.2. The van der Waals surface area contributed by atoms with Crippen LogP contribution in [0.4, 0.5) is 17.1 Å². The molecule has 4 aliphatic rings. The third kappa shape index (κ3) is 4.60. The van der Waals surface area contributed by atoms with Crippen LogP contribution in [0.15, 0.2) is 176 Å². The molecule has 0 radical (unpaired) electrons. The van der Waals surface area contributed by atoms with E-state index in [-0.39, 0.29) is 5.41 Å². The molecule has 278 valence electrons. The SMILES string of the molecule is Cc1ccccc1-c1ccc(N(c2ccc3c(c2)C2(CCCCC2)c2ccccc2-3)c2ccc3[c](c2)[Ge]2([c]4ccccc4-c4cccc[c]42)[c]2ccccc2-3)cc1C. The van der Waals surface area contributed by atoms with Crippen molar-refractivity contribution in [3.05, 3.63) is 198 Å². The number of rotatable bonds is 4. The Morgan fingerprint density at radius 1 is 0.362 bits per heavy atom. The molecule has 2 aliphatic heterocycles. The fourth-order valence-corrected chi connectivity index (χ4v) is 23.7. The molecule has 8 aromatic carbocycles. The van der Waals surface area contributed by atoms with E-state index < -0.39 is 13.3 Å². The summed E-state index contributed by atoms with van der Waals surface area (Å²) in [5, 5.41) is 0. The normalized spacial score (nSPS) is 15.7. The molecule has 2 aliphatic carbocycles. The van der Waals surface area contributed by atoms with Gasteiger partial charge in [-0.2, -0.15) is 0 Å². The van der Waals surface area contributed by atoms with Gasteiger partial charge in [-0.25, -0.2) is 0 Å². The molecule has 1 saturated carbocycles. The molecule has 12 rings (SSSR count). The summed E-state index contributed by atoms with van der Waals surface area (Å²) in [6.45, 7) is 4.51. The zero-order chi connectivity index (χ0) is 38.6. The first-order valence-corrected chi connectivity index (χ1v) is 25.4. The summed E-state index contributed by atoms with van der Waals surface area (Å²) in [5.74, 6) is 0. The van der Waals surface area contributed by atoms with Crippen LogP contribution in [0, 0.1) is 13.8 Å². The van der Waals surface area contributed by atoms with Gasteiger partial charge in [-0.3, -0.25) is 0 Å². The Labute approximate surface area is 345 Å². The van der Waals surface area contributed by atoms with Gasteiger partial charge in [-0.15, -0.1) is 0 Å². The van der Waals surface area contributed by atoms with Gasteiger partial charge in [0.05, 0.1) is 0 Å². The van der Waals surface area contributed by atoms with Crippen molar-refractivity contribution in [2.24, 2.45) is 0 Å². The molecule has 8 aromatic rings. The molecule has 0 atom stereocenters. The van der Waals surface area contributed by atoms with Crippen LogP contribution in [0.3, 0.4) is 0 Å². The summed E-state index contributed by atoms with van der Waals surface area (Å²) < 4.78 is 6.23. The number of fused-ring (bicyclic) bond motifs is 15. The third-order valence-corrected chi connectivity index (χ3v) is 24.8. The van der Waals surface area contributed by atoms with Gasteiger partial charge in [0, 0.05) is 0 Å². The van der Waals surface area contributed by atoms with E-state index in [4.69, 9.17) is 0 Å². The van der Waals surface area contributed by atoms with Gasteiger partial charge < -0.3 is 0 Å². The minimum atomic E-state index is -3.39. The molecule has 0 unspecified atom stereocenters. The molecule has 1 fully saturated rings. The van der Waals surface area contributed by atoms with Crippen molar-refractivity contribution in [3.8, 4) is 44.5 Å². The average molecular weight is 805 g/mol. The van der Waals surface area contributed by atoms with E-state index in [1.165, 1.54) is 116 Å². The quantitative estimate of drug-likeness (QED) is 0.160. The van der Waals surface area contributed by atoms with E-state index in [1.54, 1.807) is 17.6 Å². The van der Waals surface area contributed by atoms with Crippen LogP contribution in [0.2, 0.25) is 0 Å². The molecular formula is C56H45GeN. The van der Waals surface area contributed by atoms with E-state index in [9.17, 15) is 0 Å². The van der Waals surface area contributed by atoms with Crippen molar-refractivity contribution in [3.63, 3.8) is 0 Å². The molecule has 2 heterocycles. The van der Waals surface area contributed by atoms with Gasteiger partial charge in [0.2, 0.25) is 0 Å². The van der Waals surface area contributed by atoms with E-state index >= 15 is 0 Å². The Balaban J connectivity index is 1.11. The maximum atomic E-state index is 2.62. The molecule has 2 heteroatoms. The second-order valence-corrected chi connectivity index (χ2v) is 24.9. The van der Waals surface area contributed by atoms with Gasteiger partial charge in [-0.1, -0.05) is 0 Å². The Hall–Kier alpha value is -5.90. The molecule has 0 aromatic heterocycles. The molecule has 58 heavy (non-hydrogen) atoms. The number of aryl methyl sites for hydroxylation is 2. The van der Waals surface area contributed by atoms with Crippen molar-refractivity contribution in [2.45, 2.75) is 51.4 Å². The van der Waals surface area contributed by atoms with Gasteiger partial charge in [0.25, 0.3) is 0 Å². The van der Waals surface area contributed by atoms with Gasteiger partial charge >= 0.3 is 347 Å². The standard InChI is InChI=1S/C56H45GeN/c1-37-16-4-5-17-42(37)43-29-26-39(34-38(43)2)58(40-27-30-45-44-18-6-10-22-50(44)56(51(45)35-40)32-14-3-15-33-56)41-28-31-49-48-21-9-13-25-54(48)57(55(49)36-41)52-23-11-7-19-46(52)47-20-8-12-24-53(47)57/h4-13,16-31,34-36H,3,14-15,32-33H2,1-2H3. The van der Waals surface area contributed by atoms with Crippen LogP contribution < -0.4 is 22.5 Å². The Bertz CT molecular complexity index is 2920. The molecule has 0 N–H and O–H groups in total. The van der Waals surface area contributed by atoms with Crippen molar-refractivity contribution in [2.75, 3.05) is 4.90 Å². The summed E-state index contributed by atoms with van der Waals surface area (Å²) >= 11 is -3.39. The second-order valence-electron chi connectivity index (χ2n) is 17.2. The van der Waals surface area contributed by atoms with Gasteiger partial charge in [-0.05, 0) is 0 Å². The summed E-state index contributed by atoms with van der Waals surface area (Å²) in [5.41, 5.74) is 20.5. The average Bonchev–Trinajstić information content (AvgIpc) is 3.84. The predicted molar refractivity (Wildman–Crippen MR) is 247 cm³/mol. The molecule has 1 nitrogen and oxygen atoms in total. The first kappa shape index (κ1) is 34.2. The molecule has 0 saturated heterocycles. The summed E-state index contributed by atoms with van der Waals surface area (Å²) in [4.78, 5) is 2.58. The fraction of sp³-hybridized carbons (Fsp3) is 0.143. The topological polar surface area (TPSA) is 3.24 Å². The van der Waals surface area contributed by atoms with Crippen LogP contribution in [0.1, 0.15) is 54.4 Å². The number of hydrogen-bond donors (Lipinski definition) is 0. The van der Waals surface area contributed by atoms with E-state index in [2.05, 4.69) is 195 Å². The Kier molecular flexibility index (Phi) is 7.54. The molecule has 0 bridgehead atoms. The van der Waals surface area contributed by atoms with Crippen LogP contribution in [0.25, 0.3) is 44.5 Å². The van der Waals surface area contributed by atoms with Crippen molar-refractivity contribution in [1.29, 1.82) is 0 Å². The van der Waals surface area contributed by atoms with Crippen LogP contribution in [0.5, 0.6) is 0 Å². The molecule has 2 spiro atoms. The van der Waals surface area contributed by atoms with Crippen LogP contribution >= 0.6 is 0 Å². The first-order valence-electron chi connectivity index (χ1n) is 21.2. The van der Waals surface area contributed by atoms with E-state index in [0.717, 1.165) is 0 Å². The first-order chi connectivity index (χ1) is 28.6. The van der Waals surface area contributed by atoms with Crippen molar-refractivity contribution >= 4 is 47.9 Å². The van der Waals surface area contributed by atoms with Gasteiger partial charge in [0.1, 0.15) is 0 Å². The number of nitrogens with zero attached hydrogens (tertiary/aromatic N) is 1. The fourth-order valence-electron chi connectivity index (χ4n) is 11.9. The third-order valence-electron chi connectivity index (χ3n) is 14.4. The summed E-state index contributed by atoms with van der Waals surface area (Å²) in [7, 11) is 0. The Morgan fingerprint density at radius 3 is 1.43 bits per heavy atom. The summed E-state index contributed by atoms with van der Waals surface area (Å²) in [6, 6.07) is 68.2. The number of hydrogen-bond acceptors (Lipinski definition) is 1. The molecular weight excluding hydrogens is 759 g/mol. The minimum absolute atomic E-state index is 0.0761. The monoisotopic (exact) mass is 805 g/mol. The summed E-state index contributed by atoms with van der Waals surface area (Å²) in [6.07, 6.45) is 6.33. The van der Waals surface area contributed by atoms with Gasteiger partial charge in [0.15, 0.2) is 0 Å². The number of benzene rings is 8. The van der Waals surface area contributed by atoms with Crippen molar-refractivity contribution in [1.82, 2.24) is 0 Å². The van der Waals surface area contributed by atoms with Crippen LogP contribution in [-0.4, -0.2) is 13.3 Å². The zero-order valence-corrected chi connectivity index (χ0v) is 35.3.